The average molecular weight is 739 g/mol. The molecule has 9 heteroatoms. The molecule has 0 N–H and O–H groups in total. The summed E-state index contributed by atoms with van der Waals surface area (Å²) < 4.78 is 27.9. The van der Waals surface area contributed by atoms with Crippen LogP contribution >= 0.6 is 0 Å². The third-order valence-corrected chi connectivity index (χ3v) is 7.54. The molecule has 4 rings (SSSR count). The fourth-order valence-electron chi connectivity index (χ4n) is 4.58. The Hall–Kier alpha value is -7.00. The van der Waals surface area contributed by atoms with Crippen LogP contribution in [0.4, 0.5) is 0 Å². The fraction of sp³-hybridized carbons (Fsp3) is 0.130. The van der Waals surface area contributed by atoms with Crippen LogP contribution in [0.25, 0.3) is 34.4 Å². The molecule has 0 radical (unpaired) electrons. The summed E-state index contributed by atoms with van der Waals surface area (Å²) in [4.78, 5) is 49.2. The molecule has 9 nitrogen and oxygen atoms in total. The minimum Gasteiger partial charge on any atom is -0.464 e. The standard InChI is InChI=1S/C46H42O9/c1-27(2)26-51-40-24-35(36-19-22-39(53-44(48)29(5)6)42(25-36)55-46(50)31(9)10)18-20-37(40)34-16-13-32(14-17-34)11-12-33-15-21-38(52-43(47)28(3)4)41(23-33)54-45(49)30(7)8/h11-26H,3,5,7,9H2,1-2,4,6,8,10H3/b12-11+. The Morgan fingerprint density at radius 1 is 0.436 bits per heavy atom. The highest BCUT2D eigenvalue weighted by molar-refractivity contribution is 5.92. The molecular weight excluding hydrogens is 696 g/mol. The van der Waals surface area contributed by atoms with Crippen molar-refractivity contribution < 1.29 is 42.9 Å². The molecule has 0 heterocycles. The highest BCUT2D eigenvalue weighted by Gasteiger charge is 2.18. The normalized spacial score (nSPS) is 10.5. The zero-order valence-electron chi connectivity index (χ0n) is 31.7. The quantitative estimate of drug-likeness (QED) is 0.0410. The average Bonchev–Trinajstić information content (AvgIpc) is 3.14. The van der Waals surface area contributed by atoms with Gasteiger partial charge < -0.3 is 23.7 Å². The molecule has 0 saturated heterocycles. The second kappa shape index (κ2) is 18.2. The molecule has 0 aliphatic rings. The van der Waals surface area contributed by atoms with Crippen LogP contribution in [0.15, 0.2) is 139 Å². The number of allylic oxidation sites excluding steroid dienone is 1. The Kier molecular flexibility index (Phi) is 13.5. The van der Waals surface area contributed by atoms with E-state index in [9.17, 15) is 19.2 Å². The molecule has 55 heavy (non-hydrogen) atoms. The monoisotopic (exact) mass is 738 g/mol. The number of hydrogen-bond acceptors (Lipinski definition) is 9. The van der Waals surface area contributed by atoms with Crippen LogP contribution in [-0.4, -0.2) is 23.9 Å². The van der Waals surface area contributed by atoms with E-state index in [2.05, 4.69) is 26.3 Å². The van der Waals surface area contributed by atoms with Crippen molar-refractivity contribution >= 4 is 36.0 Å². The number of rotatable bonds is 14. The number of benzene rings is 4. The van der Waals surface area contributed by atoms with Crippen LogP contribution in [0.3, 0.4) is 0 Å². The van der Waals surface area contributed by atoms with E-state index in [1.165, 1.54) is 27.7 Å². The maximum Gasteiger partial charge on any atom is 0.338 e. The number of esters is 4. The van der Waals surface area contributed by atoms with E-state index in [0.29, 0.717) is 16.9 Å². The first-order valence-corrected chi connectivity index (χ1v) is 17.0. The molecule has 0 unspecified atom stereocenters. The van der Waals surface area contributed by atoms with E-state index < -0.39 is 23.9 Å². The third kappa shape index (κ3) is 11.2. The van der Waals surface area contributed by atoms with Gasteiger partial charge in [-0.2, -0.15) is 0 Å². The van der Waals surface area contributed by atoms with Gasteiger partial charge in [0.2, 0.25) is 0 Å². The second-order valence-corrected chi connectivity index (χ2v) is 13.0. The Morgan fingerprint density at radius 2 is 0.818 bits per heavy atom. The lowest BCUT2D eigenvalue weighted by molar-refractivity contribution is -0.132. The first-order valence-electron chi connectivity index (χ1n) is 17.0. The lowest BCUT2D eigenvalue weighted by Crippen LogP contribution is -2.12. The topological polar surface area (TPSA) is 114 Å². The van der Waals surface area contributed by atoms with Crippen molar-refractivity contribution in [2.45, 2.75) is 41.5 Å². The predicted octanol–water partition coefficient (Wildman–Crippen LogP) is 10.4. The van der Waals surface area contributed by atoms with Gasteiger partial charge in [-0.1, -0.05) is 87.0 Å². The Bertz CT molecular complexity index is 2280. The van der Waals surface area contributed by atoms with Crippen molar-refractivity contribution in [1.29, 1.82) is 0 Å². The van der Waals surface area contributed by atoms with E-state index in [4.69, 9.17) is 23.7 Å². The number of carbonyl (C=O) groups is 4. The van der Waals surface area contributed by atoms with E-state index in [0.717, 1.165) is 27.8 Å². The van der Waals surface area contributed by atoms with Crippen LogP contribution in [0.5, 0.6) is 28.7 Å². The first kappa shape index (κ1) is 40.8. The summed E-state index contributed by atoms with van der Waals surface area (Å²) in [5.74, 6) is -1.79. The molecule has 0 aliphatic heterocycles. The van der Waals surface area contributed by atoms with Gasteiger partial charge in [-0.25, -0.2) is 19.2 Å². The van der Waals surface area contributed by atoms with E-state index in [-0.39, 0.29) is 45.3 Å². The minimum atomic E-state index is -0.667. The fourth-order valence-corrected chi connectivity index (χ4v) is 4.58. The molecule has 0 amide bonds. The highest BCUT2D eigenvalue weighted by atomic mass is 16.6. The summed E-state index contributed by atoms with van der Waals surface area (Å²) in [6, 6.07) is 23.3. The summed E-state index contributed by atoms with van der Waals surface area (Å²) in [7, 11) is 0. The van der Waals surface area contributed by atoms with E-state index in [1.54, 1.807) is 42.7 Å². The molecule has 0 bridgehead atoms. The molecule has 0 fully saturated rings. The molecule has 0 atom stereocenters. The van der Waals surface area contributed by atoms with Crippen LogP contribution < -0.4 is 23.7 Å². The maximum absolute atomic E-state index is 12.5. The molecule has 4 aromatic carbocycles. The maximum atomic E-state index is 12.5. The molecule has 280 valence electrons. The molecule has 0 saturated carbocycles. The molecule has 0 spiro atoms. The zero-order chi connectivity index (χ0) is 40.4. The van der Waals surface area contributed by atoms with Gasteiger partial charge in [0.05, 0.1) is 6.26 Å². The largest absolute Gasteiger partial charge is 0.464 e. The summed E-state index contributed by atoms with van der Waals surface area (Å²) in [5.41, 5.74) is 6.42. The number of ether oxygens (including phenoxy) is 5. The molecule has 0 aromatic heterocycles. The van der Waals surface area contributed by atoms with Crippen LogP contribution in [0.2, 0.25) is 0 Å². The van der Waals surface area contributed by atoms with Crippen molar-refractivity contribution in [2.24, 2.45) is 0 Å². The summed E-state index contributed by atoms with van der Waals surface area (Å²) >= 11 is 0. The van der Waals surface area contributed by atoms with E-state index in [1.807, 2.05) is 68.5 Å². The predicted molar refractivity (Wildman–Crippen MR) is 215 cm³/mol. The lowest BCUT2D eigenvalue weighted by Gasteiger charge is -2.15. The SMILES string of the molecule is C=C(C)C(=O)Oc1ccc(/C=C/c2ccc(-c3ccc(-c4ccc(OC(=O)C(=C)C)c(OC(=O)C(=C)C)c4)cc3OC=C(C)C)cc2)cc1OC(=O)C(=C)C. The van der Waals surface area contributed by atoms with Gasteiger partial charge in [0.25, 0.3) is 0 Å². The minimum absolute atomic E-state index is 0.0471. The van der Waals surface area contributed by atoms with Gasteiger partial charge >= 0.3 is 23.9 Å². The smallest absolute Gasteiger partial charge is 0.338 e. The van der Waals surface area contributed by atoms with Crippen molar-refractivity contribution in [3.05, 3.63) is 150 Å². The van der Waals surface area contributed by atoms with Gasteiger partial charge in [-0.3, -0.25) is 0 Å². The number of hydrogen-bond donors (Lipinski definition) is 0. The van der Waals surface area contributed by atoms with Crippen LogP contribution in [-0.2, 0) is 19.2 Å². The van der Waals surface area contributed by atoms with Gasteiger partial charge in [-0.15, -0.1) is 0 Å². The van der Waals surface area contributed by atoms with Crippen molar-refractivity contribution in [1.82, 2.24) is 0 Å². The third-order valence-electron chi connectivity index (χ3n) is 7.54. The molecule has 4 aromatic rings. The number of carbonyl (C=O) groups excluding carboxylic acids is 4. The van der Waals surface area contributed by atoms with Crippen LogP contribution in [0.1, 0.15) is 52.7 Å². The van der Waals surface area contributed by atoms with Crippen LogP contribution in [0, 0.1) is 0 Å². The summed E-state index contributed by atoms with van der Waals surface area (Å²) in [6.45, 7) is 24.4. The van der Waals surface area contributed by atoms with E-state index >= 15 is 0 Å². The molecular formula is C46H42O9. The summed E-state index contributed by atoms with van der Waals surface area (Å²) in [5, 5.41) is 0. The summed E-state index contributed by atoms with van der Waals surface area (Å²) in [6.07, 6.45) is 5.39. The highest BCUT2D eigenvalue weighted by Crippen LogP contribution is 2.39. The van der Waals surface area contributed by atoms with Gasteiger partial charge in [0.15, 0.2) is 23.0 Å². The van der Waals surface area contributed by atoms with Crippen molar-refractivity contribution in [3.8, 4) is 51.0 Å². The Morgan fingerprint density at radius 3 is 1.31 bits per heavy atom. The first-order chi connectivity index (χ1) is 26.0. The Balaban J connectivity index is 1.65. The lowest BCUT2D eigenvalue weighted by atomic mass is 9.98. The zero-order valence-corrected chi connectivity index (χ0v) is 31.7. The van der Waals surface area contributed by atoms with Gasteiger partial charge in [0, 0.05) is 27.9 Å². The Labute approximate surface area is 321 Å². The van der Waals surface area contributed by atoms with Crippen molar-refractivity contribution in [3.63, 3.8) is 0 Å². The van der Waals surface area contributed by atoms with Gasteiger partial charge in [0.1, 0.15) is 5.75 Å². The second-order valence-electron chi connectivity index (χ2n) is 13.0. The molecule has 0 aliphatic carbocycles. The van der Waals surface area contributed by atoms with Gasteiger partial charge in [-0.05, 0) is 105 Å². The van der Waals surface area contributed by atoms with Crippen molar-refractivity contribution in [2.75, 3.05) is 0 Å².